The van der Waals surface area contributed by atoms with Gasteiger partial charge in [0.25, 0.3) is 0 Å². The second kappa shape index (κ2) is 8.74. The number of benzene rings is 2. The van der Waals surface area contributed by atoms with Gasteiger partial charge in [0.05, 0.1) is 29.6 Å². The van der Waals surface area contributed by atoms with Gasteiger partial charge in [0.1, 0.15) is 18.0 Å². The predicted molar refractivity (Wildman–Crippen MR) is 101 cm³/mol. The summed E-state index contributed by atoms with van der Waals surface area (Å²) >= 11 is 1.10. The fourth-order valence-corrected chi connectivity index (χ4v) is 4.21. The molecule has 3 rings (SSSR count). The third-order valence-corrected chi connectivity index (χ3v) is 5.96. The molecule has 4 N–H and O–H groups in total. The summed E-state index contributed by atoms with van der Waals surface area (Å²) in [5.41, 5.74) is 1.66. The highest BCUT2D eigenvalue weighted by molar-refractivity contribution is 8.00. The van der Waals surface area contributed by atoms with Crippen LogP contribution >= 0.6 is 11.8 Å². The van der Waals surface area contributed by atoms with Gasteiger partial charge in [-0.2, -0.15) is 5.26 Å². The molecule has 1 fully saturated rings. The maximum atomic E-state index is 10.3. The smallest absolute Gasteiger partial charge is 0.173 e. The number of para-hydroxylation sites is 1. The maximum Gasteiger partial charge on any atom is 0.173 e. The summed E-state index contributed by atoms with van der Waals surface area (Å²) in [7, 11) is 0. The summed E-state index contributed by atoms with van der Waals surface area (Å²) in [6.07, 6.45) is -3.32. The molecule has 2 aromatic carbocycles. The number of hydrogen-bond acceptors (Lipinski definition) is 7. The summed E-state index contributed by atoms with van der Waals surface area (Å²) in [5.74, 6) is 0.554. The molecule has 0 spiro atoms. The lowest BCUT2D eigenvalue weighted by Gasteiger charge is -2.39. The average molecular weight is 387 g/mol. The molecule has 7 heteroatoms. The van der Waals surface area contributed by atoms with Crippen LogP contribution in [0.15, 0.2) is 48.5 Å². The number of hydrogen-bond donors (Lipinski definition) is 4. The second-order valence-corrected chi connectivity index (χ2v) is 7.75. The first-order valence-corrected chi connectivity index (χ1v) is 9.52. The summed E-state index contributed by atoms with van der Waals surface area (Å²) in [6.45, 7) is -0.331. The Hall–Kier alpha value is -2.08. The van der Waals surface area contributed by atoms with E-state index in [4.69, 9.17) is 10.00 Å². The molecule has 0 saturated carbocycles. The molecule has 142 valence electrons. The summed E-state index contributed by atoms with van der Waals surface area (Å²) in [4.78, 5) is 0. The van der Waals surface area contributed by atoms with Gasteiger partial charge in [-0.1, -0.05) is 30.3 Å². The standard InChI is InChI=1S/C20H21NO5S/c21-10-13-7-5-12(6-8-13)9-14-3-1-2-4-15(14)26-20-19(25)18(24)17(23)16(11-22)27-20/h1-8,16-20,22-25H,9,11H2/t16-,17-,18+,19-,20-/m1/s1. The van der Waals surface area contributed by atoms with Crippen molar-refractivity contribution in [3.63, 3.8) is 0 Å². The Morgan fingerprint density at radius 1 is 0.963 bits per heavy atom. The topological polar surface area (TPSA) is 114 Å². The van der Waals surface area contributed by atoms with E-state index < -0.39 is 29.0 Å². The van der Waals surface area contributed by atoms with E-state index in [-0.39, 0.29) is 6.61 Å². The van der Waals surface area contributed by atoms with Gasteiger partial charge >= 0.3 is 0 Å². The van der Waals surface area contributed by atoms with Crippen molar-refractivity contribution in [3.05, 3.63) is 65.2 Å². The molecule has 1 aliphatic heterocycles. The monoisotopic (exact) mass is 387 g/mol. The molecule has 6 nitrogen and oxygen atoms in total. The van der Waals surface area contributed by atoms with E-state index in [9.17, 15) is 20.4 Å². The van der Waals surface area contributed by atoms with Crippen LogP contribution in [0, 0.1) is 11.3 Å². The SMILES string of the molecule is N#Cc1ccc(Cc2ccccc2O[C@@H]2S[C@H](CO)[C@@H](O)[C@H](O)[C@H]2O)cc1. The molecule has 0 radical (unpaired) electrons. The Morgan fingerprint density at radius 2 is 1.67 bits per heavy atom. The highest BCUT2D eigenvalue weighted by Crippen LogP contribution is 2.35. The molecular weight excluding hydrogens is 366 g/mol. The second-order valence-electron chi connectivity index (χ2n) is 6.41. The minimum atomic E-state index is -1.39. The fraction of sp³-hybridized carbons (Fsp3) is 0.350. The lowest BCUT2D eigenvalue weighted by molar-refractivity contribution is -0.0910. The van der Waals surface area contributed by atoms with E-state index in [1.807, 2.05) is 30.3 Å². The molecule has 0 amide bonds. The van der Waals surface area contributed by atoms with Gasteiger partial charge in [-0.05, 0) is 29.3 Å². The van der Waals surface area contributed by atoms with E-state index in [0.717, 1.165) is 22.9 Å². The van der Waals surface area contributed by atoms with E-state index in [1.165, 1.54) is 0 Å². The Kier molecular flexibility index (Phi) is 6.37. The number of thioether (sulfide) groups is 1. The van der Waals surface area contributed by atoms with Crippen molar-refractivity contribution in [3.8, 4) is 11.8 Å². The molecule has 0 unspecified atom stereocenters. The van der Waals surface area contributed by atoms with Crippen molar-refractivity contribution in [2.45, 2.75) is 35.4 Å². The maximum absolute atomic E-state index is 10.3. The molecule has 1 saturated heterocycles. The van der Waals surface area contributed by atoms with Gasteiger partial charge in [0.15, 0.2) is 5.44 Å². The van der Waals surface area contributed by atoms with Gasteiger partial charge in [-0.3, -0.25) is 0 Å². The molecule has 1 aliphatic rings. The lowest BCUT2D eigenvalue weighted by Crippen LogP contribution is -2.55. The number of nitriles is 1. The first-order valence-electron chi connectivity index (χ1n) is 8.57. The quantitative estimate of drug-likeness (QED) is 0.606. The van der Waals surface area contributed by atoms with Crippen molar-refractivity contribution in [2.75, 3.05) is 6.61 Å². The summed E-state index contributed by atoms with van der Waals surface area (Å²) in [6, 6.07) is 16.7. The van der Waals surface area contributed by atoms with Crippen LogP contribution in [0.3, 0.4) is 0 Å². The lowest BCUT2D eigenvalue weighted by atomic mass is 10.0. The van der Waals surface area contributed by atoms with Crippen molar-refractivity contribution in [1.29, 1.82) is 5.26 Å². The minimum Gasteiger partial charge on any atom is -0.477 e. The molecule has 2 aromatic rings. The first-order chi connectivity index (χ1) is 13.0. The molecular formula is C20H21NO5S. The minimum absolute atomic E-state index is 0.331. The van der Waals surface area contributed by atoms with Gasteiger partial charge in [-0.25, -0.2) is 0 Å². The number of rotatable bonds is 5. The van der Waals surface area contributed by atoms with Crippen LogP contribution in [0.5, 0.6) is 5.75 Å². The van der Waals surface area contributed by atoms with Crippen LogP contribution in [0.1, 0.15) is 16.7 Å². The largest absolute Gasteiger partial charge is 0.477 e. The number of ether oxygens (including phenoxy) is 1. The highest BCUT2D eigenvalue weighted by Gasteiger charge is 2.44. The third kappa shape index (κ3) is 4.43. The molecule has 1 heterocycles. The molecule has 5 atom stereocenters. The molecule has 27 heavy (non-hydrogen) atoms. The average Bonchev–Trinajstić information content (AvgIpc) is 2.70. The Morgan fingerprint density at radius 3 is 2.33 bits per heavy atom. The Bertz CT molecular complexity index is 805. The van der Waals surface area contributed by atoms with Crippen molar-refractivity contribution < 1.29 is 25.2 Å². The fourth-order valence-electron chi connectivity index (χ4n) is 2.97. The van der Waals surface area contributed by atoms with Crippen molar-refractivity contribution in [1.82, 2.24) is 0 Å². The number of nitrogens with zero attached hydrogens (tertiary/aromatic N) is 1. The van der Waals surface area contributed by atoms with Gasteiger partial charge in [-0.15, -0.1) is 11.8 Å². The van der Waals surface area contributed by atoms with Crippen LogP contribution in [0.2, 0.25) is 0 Å². The zero-order chi connectivity index (χ0) is 19.4. The first kappa shape index (κ1) is 19.7. The third-order valence-electron chi connectivity index (χ3n) is 4.54. The molecule has 0 aliphatic carbocycles. The van der Waals surface area contributed by atoms with E-state index in [2.05, 4.69) is 6.07 Å². The molecule has 0 aromatic heterocycles. The van der Waals surface area contributed by atoms with E-state index in [1.54, 1.807) is 18.2 Å². The van der Waals surface area contributed by atoms with Crippen LogP contribution in [0.25, 0.3) is 0 Å². The van der Waals surface area contributed by atoms with Crippen molar-refractivity contribution in [2.24, 2.45) is 0 Å². The van der Waals surface area contributed by atoms with Gasteiger partial charge in [0.2, 0.25) is 0 Å². The van der Waals surface area contributed by atoms with Gasteiger partial charge < -0.3 is 25.2 Å². The van der Waals surface area contributed by atoms with Crippen LogP contribution < -0.4 is 4.74 Å². The Labute approximate surface area is 161 Å². The van der Waals surface area contributed by atoms with Crippen LogP contribution in [-0.4, -0.2) is 56.0 Å². The highest BCUT2D eigenvalue weighted by atomic mass is 32.2. The van der Waals surface area contributed by atoms with Gasteiger partial charge in [0, 0.05) is 6.42 Å². The van der Waals surface area contributed by atoms with Crippen LogP contribution in [-0.2, 0) is 6.42 Å². The molecule has 0 bridgehead atoms. The number of aliphatic hydroxyl groups is 4. The summed E-state index contributed by atoms with van der Waals surface area (Å²) < 4.78 is 5.95. The zero-order valence-electron chi connectivity index (χ0n) is 14.5. The summed E-state index contributed by atoms with van der Waals surface area (Å²) in [5, 5.41) is 47.8. The van der Waals surface area contributed by atoms with E-state index in [0.29, 0.717) is 17.7 Å². The predicted octanol–water partition coefficient (Wildman–Crippen LogP) is 1.04. The number of aliphatic hydroxyl groups excluding tert-OH is 4. The van der Waals surface area contributed by atoms with Crippen molar-refractivity contribution >= 4 is 11.8 Å². The normalized spacial score (nSPS) is 27.7. The Balaban J connectivity index is 1.78. The zero-order valence-corrected chi connectivity index (χ0v) is 15.3. The van der Waals surface area contributed by atoms with Crippen LogP contribution in [0.4, 0.5) is 0 Å². The van der Waals surface area contributed by atoms with E-state index >= 15 is 0 Å².